The lowest BCUT2D eigenvalue weighted by Gasteiger charge is -2.34. The average molecular weight is 407 g/mol. The van der Waals surface area contributed by atoms with E-state index in [1.54, 1.807) is 12.1 Å². The number of hydrogen-bond donors (Lipinski definition) is 0. The fourth-order valence-electron chi connectivity index (χ4n) is 2.87. The first kappa shape index (κ1) is 24.1. The lowest BCUT2D eigenvalue weighted by Crippen LogP contribution is -2.50. The van der Waals surface area contributed by atoms with Crippen LogP contribution in [0.5, 0.6) is 0 Å². The molecule has 0 radical (unpaired) electrons. The molecule has 0 heterocycles. The highest BCUT2D eigenvalue weighted by Crippen LogP contribution is 2.29. The van der Waals surface area contributed by atoms with Gasteiger partial charge >= 0.3 is 15.0 Å². The fourth-order valence-corrected chi connectivity index (χ4v) is 6.23. The maximum absolute atomic E-state index is 12.6. The van der Waals surface area contributed by atoms with E-state index in [2.05, 4.69) is 0 Å². The SMILES string of the molecule is CC(C)O[Si](CCCCc1ccc(C(F)(F)F)cc1)(OC(C)C)OC(C)C. The minimum absolute atomic E-state index is 0.00378. The second-order valence-electron chi connectivity index (χ2n) is 7.58. The average Bonchev–Trinajstić information content (AvgIpc) is 2.49. The fraction of sp³-hybridized carbons (Fsp3) is 0.700. The lowest BCUT2D eigenvalue weighted by molar-refractivity contribution is -0.137. The molecule has 0 unspecified atom stereocenters. The summed E-state index contributed by atoms with van der Waals surface area (Å²) >= 11 is 0. The molecule has 1 rings (SSSR count). The van der Waals surface area contributed by atoms with Crippen LogP contribution in [-0.2, 0) is 25.9 Å². The van der Waals surface area contributed by atoms with Crippen molar-refractivity contribution < 1.29 is 26.4 Å². The molecule has 0 atom stereocenters. The normalized spacial score (nSPS) is 13.2. The minimum Gasteiger partial charge on any atom is -0.371 e. The first-order valence-corrected chi connectivity index (χ1v) is 11.6. The highest BCUT2D eigenvalue weighted by Gasteiger charge is 2.43. The van der Waals surface area contributed by atoms with Gasteiger partial charge in [-0.1, -0.05) is 12.1 Å². The zero-order valence-electron chi connectivity index (χ0n) is 17.2. The largest absolute Gasteiger partial charge is 0.501 e. The molecule has 0 saturated carbocycles. The maximum atomic E-state index is 12.6. The Hall–Kier alpha value is -0.893. The van der Waals surface area contributed by atoms with Gasteiger partial charge in [0.1, 0.15) is 0 Å². The number of rotatable bonds is 11. The van der Waals surface area contributed by atoms with Crippen molar-refractivity contribution >= 4 is 8.80 Å². The molecule has 0 amide bonds. The molecule has 0 fully saturated rings. The van der Waals surface area contributed by atoms with Gasteiger partial charge in [0.25, 0.3) is 0 Å². The quantitative estimate of drug-likeness (QED) is 0.321. The van der Waals surface area contributed by atoms with E-state index in [9.17, 15) is 13.2 Å². The first-order valence-electron chi connectivity index (χ1n) is 9.63. The predicted molar refractivity (Wildman–Crippen MR) is 104 cm³/mol. The monoisotopic (exact) mass is 406 g/mol. The summed E-state index contributed by atoms with van der Waals surface area (Å²) in [5.41, 5.74) is 0.285. The van der Waals surface area contributed by atoms with Crippen molar-refractivity contribution in [2.45, 2.75) is 91.3 Å². The van der Waals surface area contributed by atoms with E-state index in [0.29, 0.717) is 12.5 Å². The first-order chi connectivity index (χ1) is 12.4. The van der Waals surface area contributed by atoms with Gasteiger partial charge in [-0.3, -0.25) is 0 Å². The van der Waals surface area contributed by atoms with E-state index < -0.39 is 20.5 Å². The Morgan fingerprint density at radius 2 is 1.22 bits per heavy atom. The Morgan fingerprint density at radius 1 is 0.778 bits per heavy atom. The van der Waals surface area contributed by atoms with E-state index in [0.717, 1.165) is 30.5 Å². The zero-order valence-corrected chi connectivity index (χ0v) is 18.2. The Labute approximate surface area is 162 Å². The van der Waals surface area contributed by atoms with Crippen LogP contribution in [0.1, 0.15) is 65.5 Å². The second kappa shape index (κ2) is 10.6. The third-order valence-electron chi connectivity index (χ3n) is 3.73. The van der Waals surface area contributed by atoms with Crippen LogP contribution in [0.2, 0.25) is 6.04 Å². The Kier molecular flexibility index (Phi) is 9.48. The van der Waals surface area contributed by atoms with Crippen molar-refractivity contribution in [3.63, 3.8) is 0 Å². The van der Waals surface area contributed by atoms with Crippen LogP contribution in [0.3, 0.4) is 0 Å². The molecule has 156 valence electrons. The molecule has 3 nitrogen and oxygen atoms in total. The van der Waals surface area contributed by atoms with Gasteiger partial charge in [0.2, 0.25) is 0 Å². The molecule has 1 aromatic carbocycles. The Bertz CT molecular complexity index is 516. The standard InChI is InChI=1S/C20H33F3O3Si/c1-15(2)24-27(25-16(3)4,26-17(5)6)14-8-7-9-18-10-12-19(13-11-18)20(21,22)23/h10-13,15-17H,7-9,14H2,1-6H3. The summed E-state index contributed by atoms with van der Waals surface area (Å²) in [6, 6.07) is 6.07. The van der Waals surface area contributed by atoms with Crippen LogP contribution >= 0.6 is 0 Å². The third kappa shape index (κ3) is 9.23. The topological polar surface area (TPSA) is 27.7 Å². The van der Waals surface area contributed by atoms with Crippen LogP contribution in [0, 0.1) is 0 Å². The summed E-state index contributed by atoms with van der Waals surface area (Å²) in [4.78, 5) is 0. The van der Waals surface area contributed by atoms with Gasteiger partial charge in [-0.05, 0) is 78.5 Å². The molecule has 0 aromatic heterocycles. The van der Waals surface area contributed by atoms with Crippen LogP contribution in [0.25, 0.3) is 0 Å². The molecule has 0 saturated heterocycles. The molecular weight excluding hydrogens is 373 g/mol. The van der Waals surface area contributed by atoms with Crippen molar-refractivity contribution in [1.29, 1.82) is 0 Å². The van der Waals surface area contributed by atoms with Crippen molar-refractivity contribution in [3.05, 3.63) is 35.4 Å². The molecule has 7 heteroatoms. The van der Waals surface area contributed by atoms with Gasteiger partial charge in [0, 0.05) is 24.4 Å². The number of alkyl halides is 3. The Morgan fingerprint density at radius 3 is 1.59 bits per heavy atom. The number of halogens is 3. The van der Waals surface area contributed by atoms with Crippen LogP contribution in [-0.4, -0.2) is 27.1 Å². The van der Waals surface area contributed by atoms with E-state index in [-0.39, 0.29) is 18.3 Å². The van der Waals surface area contributed by atoms with Crippen LogP contribution in [0.15, 0.2) is 24.3 Å². The van der Waals surface area contributed by atoms with E-state index in [1.165, 1.54) is 0 Å². The Balaban J connectivity index is 2.66. The van der Waals surface area contributed by atoms with Gasteiger partial charge in [0.15, 0.2) is 0 Å². The third-order valence-corrected chi connectivity index (χ3v) is 7.18. The van der Waals surface area contributed by atoms with Gasteiger partial charge < -0.3 is 13.3 Å². The smallest absolute Gasteiger partial charge is 0.371 e. The molecule has 0 aliphatic rings. The lowest BCUT2D eigenvalue weighted by atomic mass is 10.1. The molecule has 27 heavy (non-hydrogen) atoms. The molecule has 0 aliphatic heterocycles. The van der Waals surface area contributed by atoms with E-state index in [1.807, 2.05) is 41.5 Å². The number of hydrogen-bond acceptors (Lipinski definition) is 3. The zero-order chi connectivity index (χ0) is 20.7. The van der Waals surface area contributed by atoms with Crippen molar-refractivity contribution in [2.75, 3.05) is 0 Å². The van der Waals surface area contributed by atoms with Crippen molar-refractivity contribution in [3.8, 4) is 0 Å². The summed E-state index contributed by atoms with van der Waals surface area (Å²) in [5.74, 6) is 0. The second-order valence-corrected chi connectivity index (χ2v) is 10.2. The van der Waals surface area contributed by atoms with Crippen LogP contribution in [0.4, 0.5) is 13.2 Å². The number of aryl methyl sites for hydroxylation is 1. The van der Waals surface area contributed by atoms with Crippen molar-refractivity contribution in [2.24, 2.45) is 0 Å². The summed E-state index contributed by atoms with van der Waals surface area (Å²) < 4.78 is 56.3. The minimum atomic E-state index is -4.29. The van der Waals surface area contributed by atoms with E-state index >= 15 is 0 Å². The van der Waals surface area contributed by atoms with Gasteiger partial charge in [-0.15, -0.1) is 0 Å². The molecule has 0 spiro atoms. The molecule has 0 bridgehead atoms. The summed E-state index contributed by atoms with van der Waals surface area (Å²) in [5, 5.41) is 0. The molecule has 1 aromatic rings. The summed E-state index contributed by atoms with van der Waals surface area (Å²) in [6.45, 7) is 11.8. The van der Waals surface area contributed by atoms with E-state index in [4.69, 9.17) is 13.3 Å². The number of unbranched alkanes of at least 4 members (excludes halogenated alkanes) is 1. The van der Waals surface area contributed by atoms with Gasteiger partial charge in [-0.25, -0.2) is 0 Å². The van der Waals surface area contributed by atoms with Gasteiger partial charge in [0.05, 0.1) is 5.56 Å². The van der Waals surface area contributed by atoms with Gasteiger partial charge in [-0.2, -0.15) is 13.2 Å². The summed E-state index contributed by atoms with van der Waals surface area (Å²) in [7, 11) is -2.81. The maximum Gasteiger partial charge on any atom is 0.501 e. The highest BCUT2D eigenvalue weighted by atomic mass is 28.4. The van der Waals surface area contributed by atoms with Crippen LogP contribution < -0.4 is 0 Å². The summed E-state index contributed by atoms with van der Waals surface area (Å²) in [6.07, 6.45) is -1.89. The molecule has 0 aliphatic carbocycles. The molecular formula is C20H33F3O3Si. The predicted octanol–water partition coefficient (Wildman–Crippen LogP) is 6.24. The highest BCUT2D eigenvalue weighted by molar-refractivity contribution is 6.60. The van der Waals surface area contributed by atoms with Crippen molar-refractivity contribution in [1.82, 2.24) is 0 Å². The number of benzene rings is 1. The molecule has 0 N–H and O–H groups in total.